The lowest BCUT2D eigenvalue weighted by Gasteiger charge is -1.94. The molecule has 0 fully saturated rings. The molecule has 0 saturated carbocycles. The molecule has 0 amide bonds. The molecule has 0 aliphatic carbocycles. The Morgan fingerprint density at radius 1 is 1.35 bits per heavy atom. The number of methoxy groups -OCH3 is 1. The fraction of sp³-hybridized carbons (Fsp3) is 0.769. The summed E-state index contributed by atoms with van der Waals surface area (Å²) >= 11 is 5.01. The standard InChI is InChI=1S/C7H10BrNOS.C3H8.C2H6.CH4/c1-10-4-2-3-6-5-9-7(8)11-6;1-3-2;1-2;/h5H,2-4H2,1H3;3H2,1-2H3;1-2H3;1H4. The van der Waals surface area contributed by atoms with E-state index in [9.17, 15) is 0 Å². The maximum Gasteiger partial charge on any atom is 0.159 e. The molecular weight excluding hydrogens is 298 g/mol. The Balaban J connectivity index is -0.000000286. The molecule has 1 aromatic rings. The first kappa shape index (κ1) is 22.3. The van der Waals surface area contributed by atoms with E-state index in [-0.39, 0.29) is 7.43 Å². The van der Waals surface area contributed by atoms with E-state index in [1.54, 1.807) is 18.4 Å². The lowest BCUT2D eigenvalue weighted by Crippen LogP contribution is -1.89. The molecule has 0 spiro atoms. The third-order valence-electron chi connectivity index (χ3n) is 1.30. The lowest BCUT2D eigenvalue weighted by molar-refractivity contribution is 0.195. The first-order chi connectivity index (χ1) is 7.74. The maximum absolute atomic E-state index is 4.94. The first-order valence-corrected chi connectivity index (χ1v) is 7.44. The van der Waals surface area contributed by atoms with Crippen LogP contribution in [-0.2, 0) is 11.2 Å². The van der Waals surface area contributed by atoms with Crippen LogP contribution in [0.2, 0.25) is 0 Å². The Labute approximate surface area is 120 Å². The second-order valence-electron chi connectivity index (χ2n) is 2.88. The summed E-state index contributed by atoms with van der Waals surface area (Å²) < 4.78 is 5.91. The van der Waals surface area contributed by atoms with Crippen LogP contribution >= 0.6 is 27.3 Å². The highest BCUT2D eigenvalue weighted by Crippen LogP contribution is 2.19. The largest absolute Gasteiger partial charge is 0.385 e. The van der Waals surface area contributed by atoms with Crippen LogP contribution in [0.25, 0.3) is 0 Å². The molecule has 0 N–H and O–H groups in total. The molecule has 1 heterocycles. The highest BCUT2D eigenvalue weighted by atomic mass is 79.9. The minimum absolute atomic E-state index is 0. The van der Waals surface area contributed by atoms with Crippen molar-refractivity contribution in [3.05, 3.63) is 15.0 Å². The van der Waals surface area contributed by atoms with Crippen LogP contribution in [0.15, 0.2) is 10.1 Å². The van der Waals surface area contributed by atoms with Crippen molar-refractivity contribution in [2.75, 3.05) is 13.7 Å². The van der Waals surface area contributed by atoms with Crippen LogP contribution < -0.4 is 0 Å². The molecule has 0 radical (unpaired) electrons. The fourth-order valence-electron chi connectivity index (χ4n) is 0.790. The van der Waals surface area contributed by atoms with Gasteiger partial charge in [0.1, 0.15) is 0 Å². The van der Waals surface area contributed by atoms with Gasteiger partial charge in [-0.3, -0.25) is 0 Å². The van der Waals surface area contributed by atoms with Crippen LogP contribution in [0, 0.1) is 0 Å². The minimum atomic E-state index is 0. The molecule has 0 aromatic carbocycles. The average molecular weight is 326 g/mol. The third kappa shape index (κ3) is 16.1. The van der Waals surface area contributed by atoms with Crippen LogP contribution in [-0.4, -0.2) is 18.7 Å². The summed E-state index contributed by atoms with van der Waals surface area (Å²) in [6, 6.07) is 0. The maximum atomic E-state index is 4.94. The lowest BCUT2D eigenvalue weighted by atomic mass is 10.3. The topological polar surface area (TPSA) is 22.1 Å². The molecule has 4 heteroatoms. The molecule has 0 aliphatic heterocycles. The van der Waals surface area contributed by atoms with E-state index >= 15 is 0 Å². The summed E-state index contributed by atoms with van der Waals surface area (Å²) in [4.78, 5) is 5.40. The predicted octanol–water partition coefficient (Wildman–Crippen LogP) is 5.56. The van der Waals surface area contributed by atoms with Gasteiger partial charge >= 0.3 is 0 Å². The SMILES string of the molecule is C.CC.CCC.COCCCc1cnc(Br)s1. The van der Waals surface area contributed by atoms with Gasteiger partial charge in [-0.2, -0.15) is 0 Å². The molecule has 17 heavy (non-hydrogen) atoms. The number of hydrogen-bond donors (Lipinski definition) is 0. The second kappa shape index (κ2) is 18.4. The van der Waals surface area contributed by atoms with Crippen LogP contribution in [0.5, 0.6) is 0 Å². The van der Waals surface area contributed by atoms with Gasteiger partial charge in [-0.15, -0.1) is 11.3 Å². The molecule has 0 bridgehead atoms. The van der Waals surface area contributed by atoms with Gasteiger partial charge in [0, 0.05) is 24.8 Å². The monoisotopic (exact) mass is 325 g/mol. The highest BCUT2D eigenvalue weighted by Gasteiger charge is 1.97. The van der Waals surface area contributed by atoms with Gasteiger partial charge < -0.3 is 4.74 Å². The van der Waals surface area contributed by atoms with Gasteiger partial charge in [0.05, 0.1) is 0 Å². The Kier molecular flexibility index (Phi) is 24.1. The van der Waals surface area contributed by atoms with Crippen LogP contribution in [0.3, 0.4) is 0 Å². The average Bonchev–Trinajstić information content (AvgIpc) is 2.69. The van der Waals surface area contributed by atoms with Gasteiger partial charge in [-0.05, 0) is 28.8 Å². The van der Waals surface area contributed by atoms with Gasteiger partial charge in [-0.25, -0.2) is 4.98 Å². The zero-order valence-electron chi connectivity index (χ0n) is 11.0. The quantitative estimate of drug-likeness (QED) is 0.676. The highest BCUT2D eigenvalue weighted by molar-refractivity contribution is 9.11. The molecule has 1 aromatic heterocycles. The van der Waals surface area contributed by atoms with Gasteiger partial charge in [0.15, 0.2) is 3.92 Å². The Morgan fingerprint density at radius 2 is 1.88 bits per heavy atom. The second-order valence-corrected chi connectivity index (χ2v) is 5.27. The summed E-state index contributed by atoms with van der Waals surface area (Å²) in [5.74, 6) is 0. The van der Waals surface area contributed by atoms with Crippen molar-refractivity contribution in [3.63, 3.8) is 0 Å². The third-order valence-corrected chi connectivity index (χ3v) is 2.83. The smallest absolute Gasteiger partial charge is 0.159 e. The number of halogens is 1. The molecule has 0 unspecified atom stereocenters. The van der Waals surface area contributed by atoms with E-state index in [4.69, 9.17) is 4.74 Å². The van der Waals surface area contributed by atoms with E-state index in [1.807, 2.05) is 20.0 Å². The molecule has 104 valence electrons. The molecule has 0 aliphatic rings. The van der Waals surface area contributed by atoms with E-state index in [0.717, 1.165) is 23.4 Å². The number of aryl methyl sites for hydroxylation is 1. The normalized spacial score (nSPS) is 8.12. The summed E-state index contributed by atoms with van der Waals surface area (Å²) in [6.07, 6.45) is 5.30. The fourth-order valence-corrected chi connectivity index (χ4v) is 2.19. The zero-order valence-corrected chi connectivity index (χ0v) is 13.4. The van der Waals surface area contributed by atoms with Crippen molar-refractivity contribution in [3.8, 4) is 0 Å². The number of aromatic nitrogens is 1. The van der Waals surface area contributed by atoms with Gasteiger partial charge in [0.25, 0.3) is 0 Å². The number of ether oxygens (including phenoxy) is 1. The number of thiazole rings is 1. The van der Waals surface area contributed by atoms with Crippen LogP contribution in [0.4, 0.5) is 0 Å². The predicted molar refractivity (Wildman–Crippen MR) is 84.1 cm³/mol. The first-order valence-electron chi connectivity index (χ1n) is 5.83. The van der Waals surface area contributed by atoms with E-state index < -0.39 is 0 Å². The molecular formula is C13H28BrNOS. The molecule has 0 saturated heterocycles. The van der Waals surface area contributed by atoms with Crippen molar-refractivity contribution < 1.29 is 4.74 Å². The number of rotatable bonds is 4. The Hall–Kier alpha value is 0.0700. The van der Waals surface area contributed by atoms with Crippen molar-refractivity contribution in [1.29, 1.82) is 0 Å². The minimum Gasteiger partial charge on any atom is -0.385 e. The van der Waals surface area contributed by atoms with Crippen LogP contribution in [0.1, 0.15) is 52.8 Å². The van der Waals surface area contributed by atoms with E-state index in [0.29, 0.717) is 0 Å². The van der Waals surface area contributed by atoms with E-state index in [1.165, 1.54) is 11.3 Å². The van der Waals surface area contributed by atoms with Crippen molar-refractivity contribution >= 4 is 27.3 Å². The number of hydrogen-bond acceptors (Lipinski definition) is 3. The zero-order chi connectivity index (χ0) is 12.8. The van der Waals surface area contributed by atoms with Gasteiger partial charge in [-0.1, -0.05) is 41.5 Å². The number of nitrogens with zero attached hydrogens (tertiary/aromatic N) is 1. The summed E-state index contributed by atoms with van der Waals surface area (Å²) in [6.45, 7) is 9.08. The molecule has 0 atom stereocenters. The van der Waals surface area contributed by atoms with Crippen molar-refractivity contribution in [2.45, 2.75) is 54.4 Å². The van der Waals surface area contributed by atoms with Crippen molar-refractivity contribution in [1.82, 2.24) is 4.98 Å². The summed E-state index contributed by atoms with van der Waals surface area (Å²) in [5.41, 5.74) is 0. The molecule has 2 nitrogen and oxygen atoms in total. The van der Waals surface area contributed by atoms with Gasteiger partial charge in [0.2, 0.25) is 0 Å². The summed E-state index contributed by atoms with van der Waals surface area (Å²) in [7, 11) is 1.72. The Bertz CT molecular complexity index is 229. The van der Waals surface area contributed by atoms with Crippen molar-refractivity contribution in [2.24, 2.45) is 0 Å². The molecule has 1 rings (SSSR count). The van der Waals surface area contributed by atoms with E-state index in [2.05, 4.69) is 34.8 Å². The summed E-state index contributed by atoms with van der Waals surface area (Å²) in [5, 5.41) is 0. The Morgan fingerprint density at radius 3 is 2.24 bits per heavy atom.